The highest BCUT2D eigenvalue weighted by Crippen LogP contribution is 2.48. The van der Waals surface area contributed by atoms with Gasteiger partial charge in [0.1, 0.15) is 0 Å². The molecule has 2 fully saturated rings. The zero-order chi connectivity index (χ0) is 19.5. The number of guanidine groups is 1. The standard InChI is InChI=1S/C19H26ClF3N4.HI/c1-24-17(25-10-14-5-8-27(11-14)13-19(21,22)23)26-12-18(6-7-18)15-3-2-4-16(20)9-15;/h2-4,9,14H,5-8,10-13H2,1H3,(H2,24,25,26);1H. The lowest BCUT2D eigenvalue weighted by atomic mass is 9.96. The molecule has 0 spiro atoms. The second-order valence-corrected chi connectivity index (χ2v) is 8.04. The molecule has 2 aliphatic rings. The summed E-state index contributed by atoms with van der Waals surface area (Å²) in [6.07, 6.45) is -1.15. The van der Waals surface area contributed by atoms with Crippen LogP contribution in [0.25, 0.3) is 0 Å². The number of likely N-dealkylation sites (tertiary alicyclic amines) is 1. The highest BCUT2D eigenvalue weighted by Gasteiger charge is 2.44. The van der Waals surface area contributed by atoms with E-state index in [1.165, 1.54) is 10.5 Å². The van der Waals surface area contributed by atoms with Gasteiger partial charge < -0.3 is 10.6 Å². The van der Waals surface area contributed by atoms with Crippen molar-refractivity contribution >= 4 is 41.5 Å². The molecule has 0 radical (unpaired) electrons. The summed E-state index contributed by atoms with van der Waals surface area (Å²) in [5.41, 5.74) is 1.33. The number of nitrogens with zero attached hydrogens (tertiary/aromatic N) is 2. The van der Waals surface area contributed by atoms with Crippen molar-refractivity contribution in [3.05, 3.63) is 34.9 Å². The molecule has 0 amide bonds. The fraction of sp³-hybridized carbons (Fsp3) is 0.632. The highest BCUT2D eigenvalue weighted by atomic mass is 127. The van der Waals surface area contributed by atoms with Gasteiger partial charge in [-0.1, -0.05) is 23.7 Å². The largest absolute Gasteiger partial charge is 0.401 e. The van der Waals surface area contributed by atoms with Gasteiger partial charge in [0.2, 0.25) is 0 Å². The minimum Gasteiger partial charge on any atom is -0.356 e. The molecule has 1 saturated heterocycles. The van der Waals surface area contributed by atoms with Gasteiger partial charge in [0, 0.05) is 37.1 Å². The van der Waals surface area contributed by atoms with Gasteiger partial charge in [0.05, 0.1) is 6.54 Å². The number of benzene rings is 1. The van der Waals surface area contributed by atoms with Gasteiger partial charge in [-0.25, -0.2) is 0 Å². The van der Waals surface area contributed by atoms with E-state index in [4.69, 9.17) is 11.6 Å². The third-order valence-corrected chi connectivity index (χ3v) is 5.67. The first-order chi connectivity index (χ1) is 12.8. The monoisotopic (exact) mass is 530 g/mol. The molecular formula is C19H27ClF3IN4. The van der Waals surface area contributed by atoms with Crippen LogP contribution in [0.4, 0.5) is 13.2 Å². The van der Waals surface area contributed by atoms with Crippen LogP contribution in [0.5, 0.6) is 0 Å². The van der Waals surface area contributed by atoms with Crippen molar-refractivity contribution in [3.63, 3.8) is 0 Å². The van der Waals surface area contributed by atoms with Crippen LogP contribution in [-0.4, -0.2) is 56.8 Å². The third kappa shape index (κ3) is 6.66. The number of rotatable bonds is 6. The molecule has 1 aromatic rings. The summed E-state index contributed by atoms with van der Waals surface area (Å²) in [6.45, 7) is 1.53. The predicted octanol–water partition coefficient (Wildman–Crippen LogP) is 4.04. The molecule has 3 rings (SSSR count). The van der Waals surface area contributed by atoms with Gasteiger partial charge in [-0.3, -0.25) is 9.89 Å². The van der Waals surface area contributed by atoms with Crippen molar-refractivity contribution in [1.29, 1.82) is 0 Å². The van der Waals surface area contributed by atoms with Crippen LogP contribution in [-0.2, 0) is 5.41 Å². The normalized spacial score (nSPS) is 21.9. The second kappa shape index (κ2) is 9.84. The van der Waals surface area contributed by atoms with E-state index in [1.54, 1.807) is 7.05 Å². The van der Waals surface area contributed by atoms with E-state index >= 15 is 0 Å². The molecule has 28 heavy (non-hydrogen) atoms. The number of nitrogens with one attached hydrogen (secondary N) is 2. The molecule has 0 bridgehead atoms. The first-order valence-electron chi connectivity index (χ1n) is 9.29. The quantitative estimate of drug-likeness (QED) is 0.331. The van der Waals surface area contributed by atoms with Crippen LogP contribution < -0.4 is 10.6 Å². The molecule has 158 valence electrons. The van der Waals surface area contributed by atoms with E-state index in [9.17, 15) is 13.2 Å². The molecule has 9 heteroatoms. The fourth-order valence-corrected chi connectivity index (χ4v) is 3.92. The topological polar surface area (TPSA) is 39.7 Å². The maximum atomic E-state index is 12.5. The minimum absolute atomic E-state index is 0. The highest BCUT2D eigenvalue weighted by molar-refractivity contribution is 14.0. The first kappa shape index (κ1) is 23.5. The zero-order valence-electron chi connectivity index (χ0n) is 15.9. The van der Waals surface area contributed by atoms with Crippen LogP contribution in [0.3, 0.4) is 0 Å². The van der Waals surface area contributed by atoms with Gasteiger partial charge in [-0.05, 0) is 49.4 Å². The summed E-state index contributed by atoms with van der Waals surface area (Å²) < 4.78 is 37.5. The second-order valence-electron chi connectivity index (χ2n) is 7.60. The van der Waals surface area contributed by atoms with E-state index in [-0.39, 0.29) is 35.3 Å². The van der Waals surface area contributed by atoms with Gasteiger partial charge in [-0.2, -0.15) is 13.2 Å². The van der Waals surface area contributed by atoms with Crippen LogP contribution >= 0.6 is 35.6 Å². The van der Waals surface area contributed by atoms with Gasteiger partial charge >= 0.3 is 6.18 Å². The van der Waals surface area contributed by atoms with Gasteiger partial charge in [0.15, 0.2) is 5.96 Å². The average Bonchev–Trinajstić information content (AvgIpc) is 3.27. The summed E-state index contributed by atoms with van der Waals surface area (Å²) in [7, 11) is 1.71. The number of halogens is 5. The summed E-state index contributed by atoms with van der Waals surface area (Å²) in [5, 5.41) is 7.37. The van der Waals surface area contributed by atoms with Crippen LogP contribution in [0.15, 0.2) is 29.3 Å². The molecule has 4 nitrogen and oxygen atoms in total. The molecule has 1 unspecified atom stereocenters. The Morgan fingerprint density at radius 3 is 2.68 bits per heavy atom. The molecule has 1 aliphatic carbocycles. The summed E-state index contributed by atoms with van der Waals surface area (Å²) in [4.78, 5) is 5.72. The molecule has 1 atom stereocenters. The SMILES string of the molecule is CN=C(NCC1CCN(CC(F)(F)F)C1)NCC1(c2cccc(Cl)c2)CC1.I. The lowest BCUT2D eigenvalue weighted by Gasteiger charge is -2.21. The Hall–Kier alpha value is -0.740. The number of aliphatic imine (C=N–C) groups is 1. The number of alkyl halides is 3. The van der Waals surface area contributed by atoms with E-state index in [0.717, 1.165) is 30.8 Å². The van der Waals surface area contributed by atoms with Crippen molar-refractivity contribution in [2.45, 2.75) is 30.9 Å². The molecule has 1 aliphatic heterocycles. The Morgan fingerprint density at radius 2 is 2.07 bits per heavy atom. The van der Waals surface area contributed by atoms with Crippen molar-refractivity contribution in [1.82, 2.24) is 15.5 Å². The molecule has 2 N–H and O–H groups in total. The van der Waals surface area contributed by atoms with Gasteiger partial charge in [0.25, 0.3) is 0 Å². The molecule has 1 heterocycles. The Balaban J connectivity index is 0.00000280. The Labute approximate surface area is 186 Å². The summed E-state index contributed by atoms with van der Waals surface area (Å²) >= 11 is 6.11. The third-order valence-electron chi connectivity index (χ3n) is 5.44. The van der Waals surface area contributed by atoms with E-state index in [2.05, 4.69) is 21.7 Å². The maximum Gasteiger partial charge on any atom is 0.401 e. The lowest BCUT2D eigenvalue weighted by Crippen LogP contribution is -2.43. The fourth-order valence-electron chi connectivity index (χ4n) is 3.73. The Bertz CT molecular complexity index is 679. The molecular weight excluding hydrogens is 504 g/mol. The van der Waals surface area contributed by atoms with Crippen molar-refractivity contribution in [3.8, 4) is 0 Å². The lowest BCUT2D eigenvalue weighted by molar-refractivity contribution is -0.143. The maximum absolute atomic E-state index is 12.5. The predicted molar refractivity (Wildman–Crippen MR) is 118 cm³/mol. The van der Waals surface area contributed by atoms with E-state index in [0.29, 0.717) is 25.6 Å². The molecule has 0 aromatic heterocycles. The van der Waals surface area contributed by atoms with E-state index in [1.807, 2.05) is 18.2 Å². The van der Waals surface area contributed by atoms with Crippen LogP contribution in [0, 0.1) is 5.92 Å². The van der Waals surface area contributed by atoms with E-state index < -0.39 is 12.7 Å². The van der Waals surface area contributed by atoms with Crippen LogP contribution in [0.2, 0.25) is 5.02 Å². The molecule has 1 saturated carbocycles. The van der Waals surface area contributed by atoms with Gasteiger partial charge in [-0.15, -0.1) is 24.0 Å². The van der Waals surface area contributed by atoms with Crippen LogP contribution in [0.1, 0.15) is 24.8 Å². The van der Waals surface area contributed by atoms with Crippen molar-refractivity contribution < 1.29 is 13.2 Å². The number of hydrogen-bond acceptors (Lipinski definition) is 2. The Kier molecular flexibility index (Phi) is 8.27. The smallest absolute Gasteiger partial charge is 0.356 e. The minimum atomic E-state index is -4.13. The number of hydrogen-bond donors (Lipinski definition) is 2. The van der Waals surface area contributed by atoms with Crippen molar-refractivity contribution in [2.24, 2.45) is 10.9 Å². The van der Waals surface area contributed by atoms with Crippen molar-refractivity contribution in [2.75, 3.05) is 39.8 Å². The molecule has 1 aromatic carbocycles. The Morgan fingerprint density at radius 1 is 1.32 bits per heavy atom. The average molecular weight is 531 g/mol. The first-order valence-corrected chi connectivity index (χ1v) is 9.67. The zero-order valence-corrected chi connectivity index (χ0v) is 18.9. The summed E-state index contributed by atoms with van der Waals surface area (Å²) in [6, 6.07) is 7.96. The summed E-state index contributed by atoms with van der Waals surface area (Å²) in [5.74, 6) is 0.895.